The molecular weight excluding hydrogens is 250 g/mol. The molecule has 0 unspecified atom stereocenters. The molecule has 2 aromatic rings. The minimum atomic E-state index is -0.385. The molecule has 3 nitrogen and oxygen atoms in total. The lowest BCUT2D eigenvalue weighted by molar-refractivity contribution is 0.833. The lowest BCUT2D eigenvalue weighted by atomic mass is 9.95. The molecule has 0 aliphatic carbocycles. The molecule has 0 radical (unpaired) electrons. The SMILES string of the molecule is CCCCNc1c(-c2ccc(C(C)C)cc2)c(=O)c1=O. The molecule has 0 spiro atoms. The van der Waals surface area contributed by atoms with Crippen LogP contribution in [0.3, 0.4) is 0 Å². The van der Waals surface area contributed by atoms with Gasteiger partial charge in [0.15, 0.2) is 0 Å². The fourth-order valence-electron chi connectivity index (χ4n) is 2.26. The van der Waals surface area contributed by atoms with E-state index in [9.17, 15) is 9.59 Å². The highest BCUT2D eigenvalue weighted by Gasteiger charge is 2.21. The van der Waals surface area contributed by atoms with Crippen LogP contribution in [0, 0.1) is 0 Å². The van der Waals surface area contributed by atoms with Gasteiger partial charge in [0.25, 0.3) is 0 Å². The van der Waals surface area contributed by atoms with Gasteiger partial charge in [-0.25, -0.2) is 0 Å². The summed E-state index contributed by atoms with van der Waals surface area (Å²) in [5, 5.41) is 3.10. The van der Waals surface area contributed by atoms with E-state index in [2.05, 4.69) is 26.1 Å². The van der Waals surface area contributed by atoms with Gasteiger partial charge in [-0.2, -0.15) is 0 Å². The average molecular weight is 271 g/mol. The fraction of sp³-hybridized carbons (Fsp3) is 0.412. The summed E-state index contributed by atoms with van der Waals surface area (Å²) in [4.78, 5) is 23.4. The molecule has 0 saturated carbocycles. The second kappa shape index (κ2) is 6.04. The smallest absolute Gasteiger partial charge is 0.250 e. The van der Waals surface area contributed by atoms with E-state index in [1.807, 2.05) is 24.3 Å². The predicted octanol–water partition coefficient (Wildman–Crippen LogP) is 3.29. The molecule has 1 N–H and O–H groups in total. The molecule has 0 bridgehead atoms. The third kappa shape index (κ3) is 2.67. The van der Waals surface area contributed by atoms with Crippen molar-refractivity contribution in [3.8, 4) is 11.1 Å². The summed E-state index contributed by atoms with van der Waals surface area (Å²) in [5.41, 5.74) is 2.33. The largest absolute Gasteiger partial charge is 0.381 e. The second-order valence-electron chi connectivity index (χ2n) is 5.47. The summed E-state index contributed by atoms with van der Waals surface area (Å²) in [7, 11) is 0. The summed E-state index contributed by atoms with van der Waals surface area (Å²) < 4.78 is 0. The van der Waals surface area contributed by atoms with Gasteiger partial charge in [0.2, 0.25) is 10.9 Å². The minimum Gasteiger partial charge on any atom is -0.381 e. The maximum atomic E-state index is 11.8. The van der Waals surface area contributed by atoms with Crippen molar-refractivity contribution in [3.05, 3.63) is 50.3 Å². The van der Waals surface area contributed by atoms with Crippen LogP contribution in [-0.4, -0.2) is 6.54 Å². The third-order valence-corrected chi connectivity index (χ3v) is 3.61. The van der Waals surface area contributed by atoms with E-state index >= 15 is 0 Å². The number of nitrogens with one attached hydrogen (secondary N) is 1. The highest BCUT2D eigenvalue weighted by Crippen LogP contribution is 2.25. The minimum absolute atomic E-state index is 0.374. The maximum Gasteiger partial charge on any atom is 0.250 e. The van der Waals surface area contributed by atoms with Crippen LogP contribution in [0.25, 0.3) is 11.1 Å². The van der Waals surface area contributed by atoms with Crippen LogP contribution in [0.1, 0.15) is 45.1 Å². The van der Waals surface area contributed by atoms with Gasteiger partial charge in [-0.15, -0.1) is 0 Å². The summed E-state index contributed by atoms with van der Waals surface area (Å²) in [5.74, 6) is 0.457. The third-order valence-electron chi connectivity index (χ3n) is 3.61. The molecular formula is C17H21NO2. The Hall–Kier alpha value is -1.90. The predicted molar refractivity (Wildman–Crippen MR) is 84.3 cm³/mol. The van der Waals surface area contributed by atoms with Crippen molar-refractivity contribution in [1.29, 1.82) is 0 Å². The van der Waals surface area contributed by atoms with Crippen LogP contribution < -0.4 is 16.2 Å². The van der Waals surface area contributed by atoms with Crippen molar-refractivity contribution < 1.29 is 0 Å². The molecule has 3 heteroatoms. The summed E-state index contributed by atoms with van der Waals surface area (Å²) in [6.07, 6.45) is 2.05. The van der Waals surface area contributed by atoms with Gasteiger partial charge in [0.1, 0.15) is 0 Å². The number of hydrogen-bond acceptors (Lipinski definition) is 3. The molecule has 0 amide bonds. The molecule has 0 heterocycles. The van der Waals surface area contributed by atoms with Crippen molar-refractivity contribution in [3.63, 3.8) is 0 Å². The molecule has 0 saturated heterocycles. The number of unbranched alkanes of at least 4 members (excludes halogenated alkanes) is 1. The van der Waals surface area contributed by atoms with E-state index in [1.165, 1.54) is 5.56 Å². The van der Waals surface area contributed by atoms with Crippen molar-refractivity contribution in [1.82, 2.24) is 0 Å². The molecule has 106 valence electrons. The van der Waals surface area contributed by atoms with Crippen molar-refractivity contribution in [2.75, 3.05) is 11.9 Å². The summed E-state index contributed by atoms with van der Waals surface area (Å²) in [6.45, 7) is 7.09. The van der Waals surface area contributed by atoms with Crippen molar-refractivity contribution >= 4 is 5.69 Å². The molecule has 20 heavy (non-hydrogen) atoms. The first kappa shape index (κ1) is 14.5. The first-order valence-electron chi connectivity index (χ1n) is 7.23. The lowest BCUT2D eigenvalue weighted by Gasteiger charge is -2.14. The number of hydrogen-bond donors (Lipinski definition) is 1. The van der Waals surface area contributed by atoms with Gasteiger partial charge < -0.3 is 5.32 Å². The Morgan fingerprint density at radius 1 is 1.05 bits per heavy atom. The molecule has 2 rings (SSSR count). The molecule has 0 fully saturated rings. The lowest BCUT2D eigenvalue weighted by Crippen LogP contribution is -2.36. The Morgan fingerprint density at radius 3 is 2.25 bits per heavy atom. The zero-order chi connectivity index (χ0) is 14.7. The van der Waals surface area contributed by atoms with Gasteiger partial charge in [-0.3, -0.25) is 9.59 Å². The Balaban J connectivity index is 2.26. The normalized spacial score (nSPS) is 11.2. The van der Waals surface area contributed by atoms with Crippen LogP contribution in [-0.2, 0) is 0 Å². The van der Waals surface area contributed by atoms with Crippen molar-refractivity contribution in [2.24, 2.45) is 0 Å². The highest BCUT2D eigenvalue weighted by atomic mass is 16.2. The van der Waals surface area contributed by atoms with E-state index < -0.39 is 0 Å². The fourth-order valence-corrected chi connectivity index (χ4v) is 2.26. The van der Waals surface area contributed by atoms with E-state index in [4.69, 9.17) is 0 Å². The average Bonchev–Trinajstić information content (AvgIpc) is 2.46. The highest BCUT2D eigenvalue weighted by molar-refractivity contribution is 5.81. The second-order valence-corrected chi connectivity index (χ2v) is 5.47. The zero-order valence-corrected chi connectivity index (χ0v) is 12.3. The monoisotopic (exact) mass is 271 g/mol. The van der Waals surface area contributed by atoms with Gasteiger partial charge in [0, 0.05) is 6.54 Å². The Morgan fingerprint density at radius 2 is 1.70 bits per heavy atom. The van der Waals surface area contributed by atoms with Gasteiger partial charge >= 0.3 is 0 Å². The number of rotatable bonds is 6. The van der Waals surface area contributed by atoms with Crippen LogP contribution in [0.5, 0.6) is 0 Å². The molecule has 0 aromatic heterocycles. The Labute approximate surface area is 119 Å². The van der Waals surface area contributed by atoms with E-state index in [1.54, 1.807) is 0 Å². The number of benzene rings is 1. The van der Waals surface area contributed by atoms with Crippen LogP contribution in [0.4, 0.5) is 5.69 Å². The standard InChI is InChI=1S/C17H21NO2/c1-4-5-10-18-15-14(16(19)17(15)20)13-8-6-12(7-9-13)11(2)3/h6-9,11,18H,4-5,10H2,1-3H3. The van der Waals surface area contributed by atoms with Crippen LogP contribution in [0.15, 0.2) is 33.9 Å². The van der Waals surface area contributed by atoms with Gasteiger partial charge in [0.05, 0.1) is 11.3 Å². The first-order valence-corrected chi connectivity index (χ1v) is 7.23. The maximum absolute atomic E-state index is 11.8. The van der Waals surface area contributed by atoms with Gasteiger partial charge in [-0.1, -0.05) is 51.5 Å². The topological polar surface area (TPSA) is 46.2 Å². The number of anilines is 1. The quantitative estimate of drug-likeness (QED) is 0.648. The van der Waals surface area contributed by atoms with Crippen LogP contribution in [0.2, 0.25) is 0 Å². The van der Waals surface area contributed by atoms with E-state index in [0.29, 0.717) is 17.2 Å². The summed E-state index contributed by atoms with van der Waals surface area (Å²) >= 11 is 0. The van der Waals surface area contributed by atoms with E-state index in [0.717, 1.165) is 24.9 Å². The van der Waals surface area contributed by atoms with Crippen molar-refractivity contribution in [2.45, 2.75) is 39.5 Å². The molecule has 0 aliphatic rings. The van der Waals surface area contributed by atoms with Gasteiger partial charge in [-0.05, 0) is 23.5 Å². The molecule has 2 aromatic carbocycles. The first-order chi connectivity index (χ1) is 9.56. The van der Waals surface area contributed by atoms with E-state index in [-0.39, 0.29) is 10.9 Å². The molecule has 0 atom stereocenters. The Kier molecular flexibility index (Phi) is 4.38. The summed E-state index contributed by atoms with van der Waals surface area (Å²) in [6, 6.07) is 7.90. The zero-order valence-electron chi connectivity index (χ0n) is 12.3. The van der Waals surface area contributed by atoms with Crippen LogP contribution >= 0.6 is 0 Å². The Bertz CT molecular complexity index is 646. The molecule has 0 aliphatic heterocycles.